The van der Waals surface area contributed by atoms with Crippen molar-refractivity contribution in [3.63, 3.8) is 0 Å². The van der Waals surface area contributed by atoms with Gasteiger partial charge in [-0.1, -0.05) is 36.4 Å². The monoisotopic (exact) mass is 468 g/mol. The minimum absolute atomic E-state index is 0.261. The van der Waals surface area contributed by atoms with Gasteiger partial charge in [0.15, 0.2) is 0 Å². The van der Waals surface area contributed by atoms with Gasteiger partial charge in [-0.2, -0.15) is 10.2 Å². The Morgan fingerprint density at radius 3 is 2.51 bits per heavy atom. The molecule has 2 aromatic carbocycles. The maximum atomic E-state index is 14.2. The van der Waals surface area contributed by atoms with Gasteiger partial charge < -0.3 is 5.32 Å². The number of carbonyl (C=O) groups is 1. The first kappa shape index (κ1) is 22.5. The number of hydrogen-bond donors (Lipinski definition) is 1. The van der Waals surface area contributed by atoms with Crippen LogP contribution < -0.4 is 5.32 Å². The topological polar surface area (TPSA) is 77.6 Å². The van der Waals surface area contributed by atoms with Gasteiger partial charge in [-0.05, 0) is 39.0 Å². The molecule has 0 unspecified atom stereocenters. The number of halogens is 1. The normalized spacial score (nSPS) is 11.2. The lowest BCUT2D eigenvalue weighted by Gasteiger charge is -2.11. The first-order valence-electron chi connectivity index (χ1n) is 11.3. The molecular formula is C27H25FN6O. The molecule has 0 saturated heterocycles. The van der Waals surface area contributed by atoms with Crippen molar-refractivity contribution in [1.29, 1.82) is 0 Å². The molecule has 35 heavy (non-hydrogen) atoms. The van der Waals surface area contributed by atoms with E-state index in [4.69, 9.17) is 4.98 Å². The number of hydrogen-bond acceptors (Lipinski definition) is 4. The summed E-state index contributed by atoms with van der Waals surface area (Å²) in [5.74, 6) is -0.546. The molecule has 0 aliphatic carbocycles. The van der Waals surface area contributed by atoms with Crippen LogP contribution in [0, 0.1) is 26.6 Å². The fraction of sp³-hybridized carbons (Fsp3) is 0.185. The molecule has 3 heterocycles. The molecule has 1 N–H and O–H groups in total. The number of amides is 1. The van der Waals surface area contributed by atoms with E-state index in [0.29, 0.717) is 28.2 Å². The van der Waals surface area contributed by atoms with E-state index in [1.807, 2.05) is 52.1 Å². The molecule has 0 bridgehead atoms. The third kappa shape index (κ3) is 4.07. The minimum Gasteiger partial charge on any atom is -0.319 e. The fourth-order valence-corrected chi connectivity index (χ4v) is 4.25. The number of fused-ring (bicyclic) bond motifs is 1. The third-order valence-electron chi connectivity index (χ3n) is 6.37. The smallest absolute Gasteiger partial charge is 0.256 e. The average molecular weight is 469 g/mol. The van der Waals surface area contributed by atoms with Crippen LogP contribution in [0.1, 0.15) is 33.0 Å². The molecule has 0 aliphatic heterocycles. The summed E-state index contributed by atoms with van der Waals surface area (Å²) in [6.07, 6.45) is 1.76. The number of rotatable bonds is 5. The van der Waals surface area contributed by atoms with Gasteiger partial charge in [-0.15, -0.1) is 0 Å². The van der Waals surface area contributed by atoms with Crippen molar-refractivity contribution in [3.05, 3.63) is 94.8 Å². The number of benzene rings is 2. The molecule has 0 spiro atoms. The van der Waals surface area contributed by atoms with Crippen LogP contribution in [-0.4, -0.2) is 30.5 Å². The molecule has 0 saturated carbocycles. The van der Waals surface area contributed by atoms with Gasteiger partial charge in [0.1, 0.15) is 5.82 Å². The lowest BCUT2D eigenvalue weighted by Crippen LogP contribution is -2.14. The maximum Gasteiger partial charge on any atom is 0.256 e. The van der Waals surface area contributed by atoms with E-state index in [2.05, 4.69) is 15.5 Å². The zero-order chi connectivity index (χ0) is 24.7. The Labute approximate surface area is 202 Å². The molecule has 3 aromatic heterocycles. The van der Waals surface area contributed by atoms with E-state index in [9.17, 15) is 9.18 Å². The second-order valence-corrected chi connectivity index (χ2v) is 8.59. The largest absolute Gasteiger partial charge is 0.319 e. The van der Waals surface area contributed by atoms with Crippen LogP contribution in [0.5, 0.6) is 0 Å². The summed E-state index contributed by atoms with van der Waals surface area (Å²) in [6, 6.07) is 16.0. The zero-order valence-electron chi connectivity index (χ0n) is 20.0. The molecule has 0 radical (unpaired) electrons. The average Bonchev–Trinajstić information content (AvgIpc) is 3.32. The van der Waals surface area contributed by atoms with Crippen molar-refractivity contribution < 1.29 is 9.18 Å². The lowest BCUT2D eigenvalue weighted by atomic mass is 10.0. The third-order valence-corrected chi connectivity index (χ3v) is 6.37. The molecule has 0 aliphatic rings. The molecule has 1 amide bonds. The Balaban J connectivity index is 1.52. The van der Waals surface area contributed by atoms with Crippen LogP contribution in [0.25, 0.3) is 22.2 Å². The SMILES string of the molecule is Cc1nn(Cc2ccccc2F)c(C)c1NC(=O)c1cc(-c2cnn(C)c2C)nc2ccccc12. The van der Waals surface area contributed by atoms with Gasteiger partial charge in [0, 0.05) is 29.3 Å². The van der Waals surface area contributed by atoms with Gasteiger partial charge in [0.2, 0.25) is 0 Å². The molecule has 0 fully saturated rings. The van der Waals surface area contributed by atoms with Crippen LogP contribution >= 0.6 is 0 Å². The molecule has 8 heteroatoms. The van der Waals surface area contributed by atoms with Crippen LogP contribution in [0.15, 0.2) is 60.8 Å². The lowest BCUT2D eigenvalue weighted by molar-refractivity contribution is 0.102. The van der Waals surface area contributed by atoms with Crippen molar-refractivity contribution in [3.8, 4) is 11.3 Å². The van der Waals surface area contributed by atoms with Crippen molar-refractivity contribution in [1.82, 2.24) is 24.5 Å². The Morgan fingerprint density at radius 2 is 1.77 bits per heavy atom. The predicted octanol–water partition coefficient (Wildman–Crippen LogP) is 5.20. The Bertz CT molecular complexity index is 1580. The van der Waals surface area contributed by atoms with E-state index in [1.54, 1.807) is 39.8 Å². The van der Waals surface area contributed by atoms with Gasteiger partial charge in [0.25, 0.3) is 5.91 Å². The van der Waals surface area contributed by atoms with E-state index < -0.39 is 0 Å². The minimum atomic E-state index is -0.285. The molecule has 7 nitrogen and oxygen atoms in total. The summed E-state index contributed by atoms with van der Waals surface area (Å²) < 4.78 is 17.7. The second-order valence-electron chi connectivity index (χ2n) is 8.59. The Morgan fingerprint density at radius 1 is 1.03 bits per heavy atom. The predicted molar refractivity (Wildman–Crippen MR) is 134 cm³/mol. The van der Waals surface area contributed by atoms with Crippen LogP contribution in [-0.2, 0) is 13.6 Å². The van der Waals surface area contributed by atoms with Gasteiger partial charge in [0.05, 0.1) is 46.6 Å². The maximum absolute atomic E-state index is 14.2. The number of nitrogens with one attached hydrogen (secondary N) is 1. The summed E-state index contributed by atoms with van der Waals surface area (Å²) in [6.45, 7) is 5.94. The summed E-state index contributed by atoms with van der Waals surface area (Å²) in [7, 11) is 1.87. The Hall–Kier alpha value is -4.33. The summed E-state index contributed by atoms with van der Waals surface area (Å²) in [5, 5.41) is 12.7. The van der Waals surface area contributed by atoms with Crippen LogP contribution in [0.4, 0.5) is 10.1 Å². The number of nitrogens with zero attached hydrogens (tertiary/aromatic N) is 5. The fourth-order valence-electron chi connectivity index (χ4n) is 4.25. The van der Waals surface area contributed by atoms with Crippen molar-refractivity contribution in [2.45, 2.75) is 27.3 Å². The van der Waals surface area contributed by atoms with E-state index in [1.165, 1.54) is 6.07 Å². The number of aryl methyl sites for hydroxylation is 2. The Kier molecular flexibility index (Phi) is 5.64. The summed E-state index contributed by atoms with van der Waals surface area (Å²) >= 11 is 0. The van der Waals surface area contributed by atoms with Gasteiger partial charge in [-0.25, -0.2) is 9.37 Å². The van der Waals surface area contributed by atoms with Crippen molar-refractivity contribution in [2.24, 2.45) is 7.05 Å². The highest BCUT2D eigenvalue weighted by Crippen LogP contribution is 2.28. The highest BCUT2D eigenvalue weighted by molar-refractivity contribution is 6.13. The number of pyridine rings is 1. The molecule has 176 valence electrons. The van der Waals surface area contributed by atoms with E-state index >= 15 is 0 Å². The first-order valence-corrected chi connectivity index (χ1v) is 11.3. The van der Waals surface area contributed by atoms with Crippen molar-refractivity contribution >= 4 is 22.5 Å². The first-order chi connectivity index (χ1) is 16.8. The zero-order valence-corrected chi connectivity index (χ0v) is 20.0. The van der Waals surface area contributed by atoms with Crippen molar-refractivity contribution in [2.75, 3.05) is 5.32 Å². The molecular weight excluding hydrogens is 443 g/mol. The highest BCUT2D eigenvalue weighted by atomic mass is 19.1. The number of carbonyl (C=O) groups excluding carboxylic acids is 1. The highest BCUT2D eigenvalue weighted by Gasteiger charge is 2.20. The molecule has 5 aromatic rings. The van der Waals surface area contributed by atoms with E-state index in [0.717, 1.165) is 27.9 Å². The molecule has 5 rings (SSSR count). The number of anilines is 1. The summed E-state index contributed by atoms with van der Waals surface area (Å²) in [5.41, 5.74) is 6.31. The quantitative estimate of drug-likeness (QED) is 0.385. The standard InChI is InChI=1S/C27H25FN6O/c1-16-26(18(3)34(32-16)15-19-9-5-7-11-23(19)28)31-27(35)21-13-25(22-14-29-33(4)17(22)2)30-24-12-8-6-10-20(21)24/h5-14H,15H2,1-4H3,(H,31,35). The summed E-state index contributed by atoms with van der Waals surface area (Å²) in [4.78, 5) is 18.3. The van der Waals surface area contributed by atoms with Crippen LogP contribution in [0.3, 0.4) is 0 Å². The molecule has 0 atom stereocenters. The van der Waals surface area contributed by atoms with Gasteiger partial charge >= 0.3 is 0 Å². The number of para-hydroxylation sites is 1. The van der Waals surface area contributed by atoms with Gasteiger partial charge in [-0.3, -0.25) is 14.2 Å². The second kappa shape index (κ2) is 8.79. The number of aromatic nitrogens is 5. The van der Waals surface area contributed by atoms with Crippen LogP contribution in [0.2, 0.25) is 0 Å². The van der Waals surface area contributed by atoms with E-state index in [-0.39, 0.29) is 18.3 Å².